The number of nitro groups is 1. The molecule has 0 saturated heterocycles. The average molecular weight is 512 g/mol. The predicted octanol–water partition coefficient (Wildman–Crippen LogP) is 5.68. The van der Waals surface area contributed by atoms with E-state index in [1.54, 1.807) is 36.4 Å². The van der Waals surface area contributed by atoms with Crippen molar-refractivity contribution in [2.45, 2.75) is 0 Å². The molecule has 0 aliphatic rings. The molecule has 0 saturated carbocycles. The number of methoxy groups -OCH3 is 1. The molecule has 0 aliphatic heterocycles. The van der Waals surface area contributed by atoms with Crippen molar-refractivity contribution in [3.63, 3.8) is 0 Å². The highest BCUT2D eigenvalue weighted by Crippen LogP contribution is 2.35. The summed E-state index contributed by atoms with van der Waals surface area (Å²) in [6, 6.07) is 16.4. The molecule has 3 rings (SSSR count). The fourth-order valence-corrected chi connectivity index (χ4v) is 3.42. The van der Waals surface area contributed by atoms with Gasteiger partial charge in [0.1, 0.15) is 23.1 Å². The number of amides is 1. The summed E-state index contributed by atoms with van der Waals surface area (Å²) in [6.07, 6.45) is 1.22. The molecule has 9 nitrogen and oxygen atoms in total. The number of hydrogen-bond acceptors (Lipinski definition) is 7. The molecule has 0 fully saturated rings. The number of non-ortho nitro benzene ring substituents is 1. The van der Waals surface area contributed by atoms with Crippen molar-refractivity contribution >= 4 is 52.5 Å². The van der Waals surface area contributed by atoms with E-state index >= 15 is 0 Å². The van der Waals surface area contributed by atoms with Crippen LogP contribution >= 0.6 is 23.2 Å². The maximum Gasteiger partial charge on any atom is 0.343 e. The summed E-state index contributed by atoms with van der Waals surface area (Å²) < 4.78 is 10.5. The van der Waals surface area contributed by atoms with Gasteiger partial charge in [-0.1, -0.05) is 41.4 Å². The Morgan fingerprint density at radius 2 is 1.71 bits per heavy atom. The van der Waals surface area contributed by atoms with Crippen LogP contribution in [0.3, 0.4) is 0 Å². The number of nitrogens with one attached hydrogen (secondary N) is 1. The summed E-state index contributed by atoms with van der Waals surface area (Å²) in [5.74, 6) is -0.842. The molecule has 1 N–H and O–H groups in total. The average Bonchev–Trinajstić information content (AvgIpc) is 2.85. The van der Waals surface area contributed by atoms with Crippen LogP contribution in [-0.4, -0.2) is 23.9 Å². The summed E-state index contributed by atoms with van der Waals surface area (Å²) in [5, 5.41) is 22.5. The van der Waals surface area contributed by atoms with Gasteiger partial charge in [-0.2, -0.15) is 5.26 Å². The molecule has 3 aromatic carbocycles. The molecule has 0 heterocycles. The minimum Gasteiger partial charge on any atom is -0.497 e. The zero-order valence-electron chi connectivity index (χ0n) is 18.0. The van der Waals surface area contributed by atoms with Crippen molar-refractivity contribution in [3.8, 4) is 17.6 Å². The first-order valence-corrected chi connectivity index (χ1v) is 10.5. The number of nitriles is 1. The Balaban J connectivity index is 1.85. The summed E-state index contributed by atoms with van der Waals surface area (Å²) in [4.78, 5) is 35.5. The lowest BCUT2D eigenvalue weighted by atomic mass is 10.1. The van der Waals surface area contributed by atoms with E-state index in [2.05, 4.69) is 5.32 Å². The van der Waals surface area contributed by atoms with Gasteiger partial charge in [-0.3, -0.25) is 14.9 Å². The highest BCUT2D eigenvalue weighted by Gasteiger charge is 2.19. The molecule has 0 radical (unpaired) electrons. The standard InChI is InChI=1S/C24H15Cl2N3O6/c1-34-18-8-6-14(7-9-18)24(31)35-21-5-3-2-4-15(21)10-16(13-27)23(30)28-22-19(25)11-17(29(32)33)12-20(22)26/h2-12H,1H3,(H,28,30)/b16-10+. The number of carbonyl (C=O) groups is 2. The number of halogens is 2. The lowest BCUT2D eigenvalue weighted by molar-refractivity contribution is -0.384. The molecule has 3 aromatic rings. The van der Waals surface area contributed by atoms with E-state index in [9.17, 15) is 25.0 Å². The lowest BCUT2D eigenvalue weighted by Crippen LogP contribution is -2.14. The quantitative estimate of drug-likeness (QED) is 0.108. The van der Waals surface area contributed by atoms with Gasteiger partial charge < -0.3 is 14.8 Å². The number of hydrogen-bond donors (Lipinski definition) is 1. The third-order valence-corrected chi connectivity index (χ3v) is 5.18. The highest BCUT2D eigenvalue weighted by molar-refractivity contribution is 6.40. The van der Waals surface area contributed by atoms with E-state index in [4.69, 9.17) is 32.7 Å². The van der Waals surface area contributed by atoms with Gasteiger partial charge >= 0.3 is 5.97 Å². The van der Waals surface area contributed by atoms with Gasteiger partial charge in [0.25, 0.3) is 11.6 Å². The molecule has 0 bridgehead atoms. The second-order valence-electron chi connectivity index (χ2n) is 6.82. The van der Waals surface area contributed by atoms with Crippen molar-refractivity contribution in [1.29, 1.82) is 5.26 Å². The number of nitro benzene ring substituents is 1. The van der Waals surface area contributed by atoms with Gasteiger partial charge in [0.2, 0.25) is 0 Å². The number of carbonyl (C=O) groups excluding carboxylic acids is 2. The van der Waals surface area contributed by atoms with Crippen LogP contribution in [0, 0.1) is 21.4 Å². The summed E-state index contributed by atoms with van der Waals surface area (Å²) in [6.45, 7) is 0. The van der Waals surface area contributed by atoms with Gasteiger partial charge in [-0.05, 0) is 36.4 Å². The van der Waals surface area contributed by atoms with E-state index in [0.717, 1.165) is 12.1 Å². The second-order valence-corrected chi connectivity index (χ2v) is 7.64. The van der Waals surface area contributed by atoms with Crippen LogP contribution in [-0.2, 0) is 4.79 Å². The first kappa shape index (κ1) is 25.2. The third-order valence-electron chi connectivity index (χ3n) is 4.59. The minimum absolute atomic E-state index is 0.0932. The molecule has 176 valence electrons. The Morgan fingerprint density at radius 3 is 2.29 bits per heavy atom. The zero-order valence-corrected chi connectivity index (χ0v) is 19.5. The van der Waals surface area contributed by atoms with Crippen molar-refractivity contribution in [2.24, 2.45) is 0 Å². The lowest BCUT2D eigenvalue weighted by Gasteiger charge is -2.10. The maximum absolute atomic E-state index is 12.7. The molecular formula is C24H15Cl2N3O6. The Hall–Kier alpha value is -4.39. The fraction of sp³-hybridized carbons (Fsp3) is 0.0417. The number of esters is 1. The smallest absolute Gasteiger partial charge is 0.343 e. The summed E-state index contributed by atoms with van der Waals surface area (Å²) in [5.41, 5.74) is -0.262. The molecule has 0 unspecified atom stereocenters. The molecule has 0 spiro atoms. The Morgan fingerprint density at radius 1 is 1.09 bits per heavy atom. The van der Waals surface area contributed by atoms with E-state index in [1.807, 2.05) is 0 Å². The number of rotatable bonds is 7. The number of anilines is 1. The van der Waals surface area contributed by atoms with Crippen LogP contribution in [0.1, 0.15) is 15.9 Å². The van der Waals surface area contributed by atoms with Gasteiger partial charge in [0.05, 0.1) is 33.3 Å². The Kier molecular flexibility index (Phi) is 8.04. The molecular weight excluding hydrogens is 497 g/mol. The minimum atomic E-state index is -0.874. The molecule has 0 aliphatic carbocycles. The Labute approximate surface area is 209 Å². The largest absolute Gasteiger partial charge is 0.497 e. The van der Waals surface area contributed by atoms with Crippen molar-refractivity contribution < 1.29 is 24.0 Å². The van der Waals surface area contributed by atoms with Crippen LogP contribution < -0.4 is 14.8 Å². The van der Waals surface area contributed by atoms with Crippen molar-refractivity contribution in [1.82, 2.24) is 0 Å². The summed E-state index contributed by atoms with van der Waals surface area (Å²) in [7, 11) is 1.50. The third kappa shape index (κ3) is 6.14. The van der Waals surface area contributed by atoms with Crippen LogP contribution in [0.25, 0.3) is 6.08 Å². The fourth-order valence-electron chi connectivity index (χ4n) is 2.85. The van der Waals surface area contributed by atoms with Crippen LogP contribution in [0.2, 0.25) is 10.0 Å². The summed E-state index contributed by atoms with van der Waals surface area (Å²) >= 11 is 12.0. The maximum atomic E-state index is 12.7. The van der Waals surface area contributed by atoms with E-state index < -0.39 is 16.8 Å². The number of benzene rings is 3. The SMILES string of the molecule is COc1ccc(C(=O)Oc2ccccc2/C=C(\C#N)C(=O)Nc2c(Cl)cc([N+](=O)[O-])cc2Cl)cc1. The highest BCUT2D eigenvalue weighted by atomic mass is 35.5. The first-order chi connectivity index (χ1) is 16.7. The van der Waals surface area contributed by atoms with Crippen molar-refractivity contribution in [2.75, 3.05) is 12.4 Å². The van der Waals surface area contributed by atoms with Crippen LogP contribution in [0.4, 0.5) is 11.4 Å². The molecule has 0 atom stereocenters. The molecule has 11 heteroatoms. The van der Waals surface area contributed by atoms with Crippen LogP contribution in [0.5, 0.6) is 11.5 Å². The van der Waals surface area contributed by atoms with Gasteiger partial charge in [-0.25, -0.2) is 4.79 Å². The molecule has 35 heavy (non-hydrogen) atoms. The predicted molar refractivity (Wildman–Crippen MR) is 130 cm³/mol. The van der Waals surface area contributed by atoms with E-state index in [1.165, 1.54) is 31.4 Å². The molecule has 0 aromatic heterocycles. The van der Waals surface area contributed by atoms with E-state index in [-0.39, 0.29) is 43.9 Å². The second kappa shape index (κ2) is 11.2. The van der Waals surface area contributed by atoms with E-state index in [0.29, 0.717) is 5.75 Å². The number of ether oxygens (including phenoxy) is 2. The number of para-hydroxylation sites is 1. The monoisotopic (exact) mass is 511 g/mol. The Bertz CT molecular complexity index is 1360. The van der Waals surface area contributed by atoms with Crippen LogP contribution in [0.15, 0.2) is 66.2 Å². The van der Waals surface area contributed by atoms with Gasteiger partial charge in [-0.15, -0.1) is 0 Å². The topological polar surface area (TPSA) is 132 Å². The normalized spacial score (nSPS) is 10.7. The molecule has 1 amide bonds. The van der Waals surface area contributed by atoms with Gasteiger partial charge in [0.15, 0.2) is 0 Å². The van der Waals surface area contributed by atoms with Gasteiger partial charge in [0, 0.05) is 17.7 Å². The van der Waals surface area contributed by atoms with Crippen molar-refractivity contribution in [3.05, 3.63) is 97.5 Å². The first-order valence-electron chi connectivity index (χ1n) is 9.75. The number of nitrogens with zero attached hydrogens (tertiary/aromatic N) is 2. The zero-order chi connectivity index (χ0) is 25.5.